The van der Waals surface area contributed by atoms with Crippen LogP contribution in [-0.4, -0.2) is 48.4 Å². The number of nitrogens with zero attached hydrogens (tertiary/aromatic N) is 1. The highest BCUT2D eigenvalue weighted by atomic mass is 19.4. The fourth-order valence-corrected chi connectivity index (χ4v) is 4.90. The number of hydrogen-bond donors (Lipinski definition) is 1. The summed E-state index contributed by atoms with van der Waals surface area (Å²) in [7, 11) is 2.62. The maximum Gasteiger partial charge on any atom is 0.425 e. The summed E-state index contributed by atoms with van der Waals surface area (Å²) < 4.78 is 96.1. The van der Waals surface area contributed by atoms with Gasteiger partial charge >= 0.3 is 12.4 Å². The van der Waals surface area contributed by atoms with Crippen LogP contribution in [0.5, 0.6) is 11.5 Å². The maximum absolute atomic E-state index is 15.2. The Morgan fingerprint density at radius 2 is 1.49 bits per heavy atom. The standard InChI is InChI=1S/C30H24F6N2O5/c1-17-23(24(39)18-9-5-4-6-10-18)28(30(34,35)36,37-26(40)19-11-7-13-21(15-19)29(31,32)33)27(41)38(17)16-20-12-8-14-22(42-2)25(20)43-3/h4-15H,16H2,1-3H3,(H,37,40)/t28-/m0/s1. The van der Waals surface area contributed by atoms with Gasteiger partial charge in [0.15, 0.2) is 17.3 Å². The molecule has 13 heteroatoms. The number of para-hydroxylation sites is 1. The second-order valence-electron chi connectivity index (χ2n) is 9.48. The Hall–Kier alpha value is -4.81. The third kappa shape index (κ3) is 5.54. The molecule has 7 nitrogen and oxygen atoms in total. The Kier molecular flexibility index (Phi) is 8.30. The zero-order chi connectivity index (χ0) is 31.7. The third-order valence-electron chi connectivity index (χ3n) is 6.96. The normalized spacial score (nSPS) is 17.2. The second-order valence-corrected chi connectivity index (χ2v) is 9.48. The fraction of sp³-hybridized carbons (Fsp3) is 0.233. The molecule has 1 N–H and O–H groups in total. The second kappa shape index (κ2) is 11.5. The topological polar surface area (TPSA) is 84.9 Å². The van der Waals surface area contributed by atoms with E-state index in [-0.39, 0.29) is 22.6 Å². The molecule has 0 fully saturated rings. The largest absolute Gasteiger partial charge is 0.493 e. The lowest BCUT2D eigenvalue weighted by Gasteiger charge is -2.33. The minimum atomic E-state index is -5.62. The van der Waals surface area contributed by atoms with Crippen molar-refractivity contribution < 1.29 is 50.2 Å². The fourth-order valence-electron chi connectivity index (χ4n) is 4.90. The molecular formula is C30H24F6N2O5. The van der Waals surface area contributed by atoms with Gasteiger partial charge in [0.25, 0.3) is 11.8 Å². The van der Waals surface area contributed by atoms with Crippen LogP contribution < -0.4 is 14.8 Å². The first kappa shape index (κ1) is 31.1. The van der Waals surface area contributed by atoms with Crippen molar-refractivity contribution in [3.8, 4) is 11.5 Å². The van der Waals surface area contributed by atoms with Crippen LogP contribution >= 0.6 is 0 Å². The Bertz CT molecular complexity index is 1600. The molecule has 0 radical (unpaired) electrons. The van der Waals surface area contributed by atoms with Gasteiger partial charge in [0.2, 0.25) is 5.54 Å². The average molecular weight is 607 g/mol. The molecule has 1 aliphatic rings. The Balaban J connectivity index is 1.91. The van der Waals surface area contributed by atoms with Crippen LogP contribution in [0.3, 0.4) is 0 Å². The predicted molar refractivity (Wildman–Crippen MR) is 141 cm³/mol. The van der Waals surface area contributed by atoms with Crippen molar-refractivity contribution >= 4 is 17.6 Å². The highest BCUT2D eigenvalue weighted by molar-refractivity contribution is 6.19. The molecule has 1 heterocycles. The van der Waals surface area contributed by atoms with Crippen molar-refractivity contribution in [2.24, 2.45) is 0 Å². The number of rotatable bonds is 8. The summed E-state index contributed by atoms with van der Waals surface area (Å²) in [5, 5.41) is 1.62. The van der Waals surface area contributed by atoms with Crippen molar-refractivity contribution in [3.05, 3.63) is 106 Å². The van der Waals surface area contributed by atoms with Gasteiger partial charge in [0.1, 0.15) is 0 Å². The van der Waals surface area contributed by atoms with Gasteiger partial charge in [0, 0.05) is 22.4 Å². The number of methoxy groups -OCH3 is 2. The molecule has 0 unspecified atom stereocenters. The number of allylic oxidation sites excluding steroid dienone is 1. The summed E-state index contributed by atoms with van der Waals surface area (Å²) in [6, 6.07) is 14.0. The summed E-state index contributed by atoms with van der Waals surface area (Å²) >= 11 is 0. The molecule has 226 valence electrons. The van der Waals surface area contributed by atoms with Gasteiger partial charge in [-0.3, -0.25) is 14.4 Å². The molecule has 0 aromatic heterocycles. The van der Waals surface area contributed by atoms with Crippen LogP contribution in [0.2, 0.25) is 0 Å². The lowest BCUT2D eigenvalue weighted by Crippen LogP contribution is -2.66. The number of amides is 2. The third-order valence-corrected chi connectivity index (χ3v) is 6.96. The monoisotopic (exact) mass is 606 g/mol. The van der Waals surface area contributed by atoms with E-state index in [1.165, 1.54) is 62.8 Å². The molecule has 4 rings (SSSR count). The number of carbonyl (C=O) groups excluding carboxylic acids is 3. The van der Waals surface area contributed by atoms with Crippen molar-refractivity contribution in [2.45, 2.75) is 31.4 Å². The molecule has 0 bridgehead atoms. The van der Waals surface area contributed by atoms with E-state index in [2.05, 4.69) is 0 Å². The number of nitrogens with one attached hydrogen (secondary N) is 1. The lowest BCUT2D eigenvalue weighted by atomic mass is 9.84. The Morgan fingerprint density at radius 1 is 0.860 bits per heavy atom. The average Bonchev–Trinajstić information content (AvgIpc) is 3.18. The number of ketones is 1. The van der Waals surface area contributed by atoms with Crippen LogP contribution in [0.15, 0.2) is 84.1 Å². The van der Waals surface area contributed by atoms with Crippen LogP contribution in [0.1, 0.15) is 38.8 Å². The maximum atomic E-state index is 15.2. The van der Waals surface area contributed by atoms with Crippen molar-refractivity contribution in [1.29, 1.82) is 0 Å². The number of alkyl halides is 6. The van der Waals surface area contributed by atoms with Gasteiger partial charge in [-0.15, -0.1) is 0 Å². The zero-order valence-corrected chi connectivity index (χ0v) is 22.9. The van der Waals surface area contributed by atoms with E-state index in [0.717, 1.165) is 19.1 Å². The summed E-state index contributed by atoms with van der Waals surface area (Å²) in [4.78, 5) is 41.5. The molecule has 0 saturated heterocycles. The van der Waals surface area contributed by atoms with Gasteiger partial charge in [-0.25, -0.2) is 0 Å². The molecule has 3 aromatic carbocycles. The first-order valence-electron chi connectivity index (χ1n) is 12.6. The Labute approximate surface area is 241 Å². The number of ether oxygens (including phenoxy) is 2. The van der Waals surface area contributed by atoms with Crippen LogP contribution in [0, 0.1) is 0 Å². The number of hydrogen-bond acceptors (Lipinski definition) is 5. The lowest BCUT2D eigenvalue weighted by molar-refractivity contribution is -0.189. The number of carbonyl (C=O) groups is 3. The van der Waals surface area contributed by atoms with Gasteiger partial charge in [-0.05, 0) is 31.2 Å². The van der Waals surface area contributed by atoms with E-state index in [9.17, 15) is 27.6 Å². The number of Topliss-reactive ketones (excluding diaryl/α,β-unsaturated/α-hetero) is 1. The number of halogens is 6. The molecule has 0 saturated carbocycles. The highest BCUT2D eigenvalue weighted by Gasteiger charge is 2.70. The molecule has 0 aliphatic carbocycles. The highest BCUT2D eigenvalue weighted by Crippen LogP contribution is 2.47. The van der Waals surface area contributed by atoms with E-state index in [1.54, 1.807) is 5.32 Å². The van der Waals surface area contributed by atoms with E-state index < -0.39 is 64.4 Å². The minimum Gasteiger partial charge on any atom is -0.493 e. The Morgan fingerprint density at radius 3 is 2.07 bits per heavy atom. The summed E-state index contributed by atoms with van der Waals surface area (Å²) in [6.45, 7) is 0.582. The first-order chi connectivity index (χ1) is 20.2. The van der Waals surface area contributed by atoms with Gasteiger partial charge in [-0.2, -0.15) is 26.3 Å². The van der Waals surface area contributed by atoms with Crippen LogP contribution in [-0.2, 0) is 17.5 Å². The molecule has 0 spiro atoms. The summed E-state index contributed by atoms with van der Waals surface area (Å²) in [6.07, 6.45) is -10.5. The van der Waals surface area contributed by atoms with Gasteiger partial charge in [0.05, 0.1) is 31.9 Å². The SMILES string of the molecule is COc1cccc(CN2C(=O)[C@](NC(=O)c3cccc(C(F)(F)F)c3)(C(F)(F)F)C(C(=O)c3ccccc3)=C2C)c1OC. The smallest absolute Gasteiger partial charge is 0.425 e. The van der Waals surface area contributed by atoms with Crippen molar-refractivity contribution in [3.63, 3.8) is 0 Å². The van der Waals surface area contributed by atoms with Crippen molar-refractivity contribution in [1.82, 2.24) is 10.2 Å². The van der Waals surface area contributed by atoms with Gasteiger partial charge < -0.3 is 19.7 Å². The molecule has 2 amide bonds. The van der Waals surface area contributed by atoms with E-state index in [1.807, 2.05) is 0 Å². The first-order valence-corrected chi connectivity index (χ1v) is 12.6. The summed E-state index contributed by atoms with van der Waals surface area (Å²) in [5.74, 6) is -4.27. The van der Waals surface area contributed by atoms with E-state index in [0.29, 0.717) is 17.0 Å². The van der Waals surface area contributed by atoms with E-state index >= 15 is 13.2 Å². The van der Waals surface area contributed by atoms with Crippen LogP contribution in [0.25, 0.3) is 0 Å². The van der Waals surface area contributed by atoms with E-state index in [4.69, 9.17) is 9.47 Å². The zero-order valence-electron chi connectivity index (χ0n) is 22.9. The molecule has 3 aromatic rings. The molecule has 1 atom stereocenters. The molecule has 43 heavy (non-hydrogen) atoms. The number of benzene rings is 3. The predicted octanol–water partition coefficient (Wildman–Crippen LogP) is 5.95. The molecular weight excluding hydrogens is 582 g/mol. The van der Waals surface area contributed by atoms with Gasteiger partial charge in [-0.1, -0.05) is 48.5 Å². The van der Waals surface area contributed by atoms with Crippen molar-refractivity contribution in [2.75, 3.05) is 14.2 Å². The quantitative estimate of drug-likeness (QED) is 0.253. The minimum absolute atomic E-state index is 0.110. The molecule has 1 aliphatic heterocycles. The van der Waals surface area contributed by atoms with Crippen LogP contribution in [0.4, 0.5) is 26.3 Å². The summed E-state index contributed by atoms with van der Waals surface area (Å²) in [5.41, 5.74) is -7.57.